The fraction of sp³-hybridized carbons (Fsp3) is 0.750. The summed E-state index contributed by atoms with van der Waals surface area (Å²) < 4.78 is 4.36. The number of imidazole rings is 1. The van der Waals surface area contributed by atoms with Crippen LogP contribution in [0.2, 0.25) is 0 Å². The van der Waals surface area contributed by atoms with Crippen molar-refractivity contribution in [3.8, 4) is 0 Å². The molecule has 0 radical (unpaired) electrons. The van der Waals surface area contributed by atoms with Crippen LogP contribution in [0.1, 0.15) is 63.5 Å². The molecule has 0 aliphatic heterocycles. The number of aromatic nitrogens is 4. The van der Waals surface area contributed by atoms with Crippen molar-refractivity contribution in [2.24, 2.45) is 13.0 Å². The maximum Gasteiger partial charge on any atom is 0.158 e. The third-order valence-corrected chi connectivity index (χ3v) is 5.26. The number of hydrogen-bond acceptors (Lipinski definition) is 2. The Morgan fingerprint density at radius 3 is 2.48 bits per heavy atom. The Hall–Kier alpha value is -1.03. The lowest BCUT2D eigenvalue weighted by Gasteiger charge is -2.30. The minimum Gasteiger partial charge on any atom is -0.309 e. The van der Waals surface area contributed by atoms with Crippen LogP contribution in [0.25, 0.3) is 11.2 Å². The van der Waals surface area contributed by atoms with Gasteiger partial charge in [-0.05, 0) is 38.0 Å². The Morgan fingerprint density at radius 2 is 1.90 bits per heavy atom. The van der Waals surface area contributed by atoms with Gasteiger partial charge in [-0.2, -0.15) is 5.10 Å². The van der Waals surface area contributed by atoms with E-state index in [1.165, 1.54) is 32.1 Å². The summed E-state index contributed by atoms with van der Waals surface area (Å²) in [7, 11) is 2.02. The van der Waals surface area contributed by atoms with E-state index in [1.807, 2.05) is 11.7 Å². The number of aryl methyl sites for hydroxylation is 2. The molecule has 21 heavy (non-hydrogen) atoms. The van der Waals surface area contributed by atoms with E-state index in [4.69, 9.17) is 16.6 Å². The summed E-state index contributed by atoms with van der Waals surface area (Å²) in [6.45, 7) is 4.44. The second-order valence-electron chi connectivity index (χ2n) is 6.21. The second kappa shape index (κ2) is 5.99. The fourth-order valence-electron chi connectivity index (χ4n) is 3.78. The first-order valence-electron chi connectivity index (χ1n) is 8.18. The molecule has 2 aromatic heterocycles. The predicted molar refractivity (Wildman–Crippen MR) is 86.7 cm³/mol. The van der Waals surface area contributed by atoms with Gasteiger partial charge in [0.2, 0.25) is 0 Å². The number of nitrogens with zero attached hydrogens (tertiary/aromatic N) is 4. The molecule has 2 heterocycles. The molecule has 1 fully saturated rings. The summed E-state index contributed by atoms with van der Waals surface area (Å²) >= 11 is 6.17. The molecule has 0 atom stereocenters. The van der Waals surface area contributed by atoms with Crippen LogP contribution in [-0.4, -0.2) is 19.3 Å². The van der Waals surface area contributed by atoms with Gasteiger partial charge < -0.3 is 4.57 Å². The molecule has 116 valence electrons. The minimum absolute atomic E-state index is 0.478. The van der Waals surface area contributed by atoms with Crippen molar-refractivity contribution in [1.82, 2.24) is 19.3 Å². The lowest BCUT2D eigenvalue weighted by Crippen LogP contribution is -2.20. The summed E-state index contributed by atoms with van der Waals surface area (Å²) in [4.78, 5) is 4.78. The molecule has 3 rings (SSSR count). The van der Waals surface area contributed by atoms with Gasteiger partial charge in [0, 0.05) is 13.1 Å². The van der Waals surface area contributed by atoms with Crippen molar-refractivity contribution in [2.45, 2.75) is 64.3 Å². The number of fused-ring (bicyclic) bond motifs is 1. The first kappa shape index (κ1) is 14.9. The highest BCUT2D eigenvalue weighted by atomic mass is 35.5. The topological polar surface area (TPSA) is 35.6 Å². The van der Waals surface area contributed by atoms with E-state index in [0.717, 1.165) is 35.0 Å². The van der Waals surface area contributed by atoms with Crippen LogP contribution in [-0.2, 0) is 19.3 Å². The predicted octanol–water partition coefficient (Wildman–Crippen LogP) is 4.21. The first-order chi connectivity index (χ1) is 10.2. The van der Waals surface area contributed by atoms with Crippen LogP contribution < -0.4 is 0 Å². The summed E-state index contributed by atoms with van der Waals surface area (Å²) in [6.07, 6.45) is 7.34. The highest BCUT2D eigenvalue weighted by Gasteiger charge is 2.27. The molecule has 1 aliphatic rings. The maximum absolute atomic E-state index is 6.17. The standard InChI is InChI=1S/C16H25ClN4/c1-4-11-6-8-12(9-7-11)21-14(10-17)18-15-13(5-2)19-20(3)16(15)21/h11-12H,4-10H2,1-3H3. The number of halogens is 1. The molecular formula is C16H25ClN4. The Labute approximate surface area is 131 Å². The van der Waals surface area contributed by atoms with Crippen molar-refractivity contribution < 1.29 is 0 Å². The molecule has 0 bridgehead atoms. The van der Waals surface area contributed by atoms with E-state index in [-0.39, 0.29) is 0 Å². The average Bonchev–Trinajstić information content (AvgIpc) is 3.05. The molecular weight excluding hydrogens is 284 g/mol. The van der Waals surface area contributed by atoms with Crippen molar-refractivity contribution in [3.63, 3.8) is 0 Å². The lowest BCUT2D eigenvalue weighted by atomic mass is 9.84. The average molecular weight is 309 g/mol. The summed E-state index contributed by atoms with van der Waals surface area (Å²) in [5.74, 6) is 2.39. The zero-order chi connectivity index (χ0) is 15.0. The molecule has 0 amide bonds. The van der Waals surface area contributed by atoms with Crippen LogP contribution in [0.5, 0.6) is 0 Å². The lowest BCUT2D eigenvalue weighted by molar-refractivity contribution is 0.269. The molecule has 4 nitrogen and oxygen atoms in total. The monoisotopic (exact) mass is 308 g/mol. The summed E-state index contributed by atoms with van der Waals surface area (Å²) in [5.41, 5.74) is 3.29. The van der Waals surface area contributed by atoms with Gasteiger partial charge in [-0.25, -0.2) is 4.98 Å². The smallest absolute Gasteiger partial charge is 0.158 e. The normalized spacial score (nSPS) is 23.0. The molecule has 0 saturated heterocycles. The highest BCUT2D eigenvalue weighted by molar-refractivity contribution is 6.16. The van der Waals surface area contributed by atoms with Gasteiger partial charge in [-0.1, -0.05) is 20.3 Å². The van der Waals surface area contributed by atoms with Crippen molar-refractivity contribution in [3.05, 3.63) is 11.5 Å². The Balaban J connectivity index is 2.02. The van der Waals surface area contributed by atoms with E-state index in [2.05, 4.69) is 23.5 Å². The summed E-state index contributed by atoms with van der Waals surface area (Å²) in [6, 6.07) is 0.534. The maximum atomic E-state index is 6.17. The van der Waals surface area contributed by atoms with Gasteiger partial charge in [-0.15, -0.1) is 11.6 Å². The van der Waals surface area contributed by atoms with Crippen molar-refractivity contribution in [2.75, 3.05) is 0 Å². The summed E-state index contributed by atoms with van der Waals surface area (Å²) in [5, 5.41) is 4.62. The third-order valence-electron chi connectivity index (χ3n) is 5.02. The van der Waals surface area contributed by atoms with Gasteiger partial charge in [0.1, 0.15) is 11.3 Å². The molecule has 2 aromatic rings. The Morgan fingerprint density at radius 1 is 1.19 bits per heavy atom. The molecule has 0 spiro atoms. The van der Waals surface area contributed by atoms with Crippen LogP contribution in [0.3, 0.4) is 0 Å². The molecule has 0 aromatic carbocycles. The first-order valence-corrected chi connectivity index (χ1v) is 8.71. The van der Waals surface area contributed by atoms with E-state index in [0.29, 0.717) is 11.9 Å². The Kier molecular flexibility index (Phi) is 4.25. The quantitative estimate of drug-likeness (QED) is 0.793. The van der Waals surface area contributed by atoms with Gasteiger partial charge >= 0.3 is 0 Å². The van der Waals surface area contributed by atoms with Crippen LogP contribution in [0, 0.1) is 5.92 Å². The van der Waals surface area contributed by atoms with Crippen molar-refractivity contribution >= 4 is 22.8 Å². The molecule has 1 saturated carbocycles. The van der Waals surface area contributed by atoms with E-state index < -0.39 is 0 Å². The van der Waals surface area contributed by atoms with Gasteiger partial charge in [0.05, 0.1) is 11.6 Å². The number of alkyl halides is 1. The zero-order valence-corrected chi connectivity index (χ0v) is 14.0. The Bertz CT molecular complexity index is 620. The van der Waals surface area contributed by atoms with Crippen LogP contribution in [0.4, 0.5) is 0 Å². The second-order valence-corrected chi connectivity index (χ2v) is 6.48. The van der Waals surface area contributed by atoms with E-state index in [9.17, 15) is 0 Å². The van der Waals surface area contributed by atoms with E-state index in [1.54, 1.807) is 0 Å². The van der Waals surface area contributed by atoms with Crippen LogP contribution >= 0.6 is 11.6 Å². The molecule has 1 aliphatic carbocycles. The third kappa shape index (κ3) is 2.48. The van der Waals surface area contributed by atoms with Crippen LogP contribution in [0.15, 0.2) is 0 Å². The van der Waals surface area contributed by atoms with Crippen molar-refractivity contribution in [1.29, 1.82) is 0 Å². The largest absolute Gasteiger partial charge is 0.309 e. The van der Waals surface area contributed by atoms with Gasteiger partial charge in [0.25, 0.3) is 0 Å². The zero-order valence-electron chi connectivity index (χ0n) is 13.3. The molecule has 0 unspecified atom stereocenters. The van der Waals surface area contributed by atoms with E-state index >= 15 is 0 Å². The molecule has 0 N–H and O–H groups in total. The van der Waals surface area contributed by atoms with Gasteiger partial charge in [-0.3, -0.25) is 4.68 Å². The molecule has 5 heteroatoms. The van der Waals surface area contributed by atoms with Gasteiger partial charge in [0.15, 0.2) is 5.65 Å². The number of rotatable bonds is 4. The highest BCUT2D eigenvalue weighted by Crippen LogP contribution is 2.37. The minimum atomic E-state index is 0.478. The number of hydrogen-bond donors (Lipinski definition) is 0. The fourth-order valence-corrected chi connectivity index (χ4v) is 3.96. The SMILES string of the molecule is CCc1nn(C)c2c1nc(CCl)n2C1CCC(CC)CC1.